The van der Waals surface area contributed by atoms with Crippen LogP contribution in [-0.4, -0.2) is 23.1 Å². The number of rotatable bonds is 32. The number of allylic oxidation sites excluding steroid dienone is 2. The molecule has 0 saturated heterocycles. The second-order valence-corrected chi connectivity index (χ2v) is 12.1. The van der Waals surface area contributed by atoms with Crippen LogP contribution in [0.15, 0.2) is 12.2 Å². The maximum Gasteiger partial charge on any atom is 0.306 e. The molecule has 0 aliphatic heterocycles. The average molecular weight is 565 g/mol. The number of hydrogen-bond acceptors (Lipinski definition) is 3. The lowest BCUT2D eigenvalue weighted by molar-refractivity contribution is -0.150. The Balaban J connectivity index is 3.85. The molecule has 4 heteroatoms. The second kappa shape index (κ2) is 32.2. The zero-order chi connectivity index (χ0) is 29.4. The number of unbranched alkanes of at least 4 members (excludes halogenated alkanes) is 21. The van der Waals surface area contributed by atoms with Gasteiger partial charge in [-0.15, -0.1) is 0 Å². The van der Waals surface area contributed by atoms with Crippen LogP contribution in [0.25, 0.3) is 0 Å². The lowest BCUT2D eigenvalue weighted by Crippen LogP contribution is -2.18. The topological polar surface area (TPSA) is 63.6 Å². The highest BCUT2D eigenvalue weighted by Gasteiger charge is 2.15. The van der Waals surface area contributed by atoms with Crippen LogP contribution in [-0.2, 0) is 14.3 Å². The summed E-state index contributed by atoms with van der Waals surface area (Å²) in [6.45, 7) is 4.52. The summed E-state index contributed by atoms with van der Waals surface area (Å²) in [5.74, 6) is -0.866. The molecule has 0 aromatic heterocycles. The van der Waals surface area contributed by atoms with Crippen LogP contribution in [0.2, 0.25) is 0 Å². The van der Waals surface area contributed by atoms with Gasteiger partial charge >= 0.3 is 11.9 Å². The molecule has 236 valence electrons. The number of carbonyl (C=O) groups is 2. The maximum atomic E-state index is 12.4. The smallest absolute Gasteiger partial charge is 0.306 e. The van der Waals surface area contributed by atoms with E-state index in [2.05, 4.69) is 26.0 Å². The van der Waals surface area contributed by atoms with Gasteiger partial charge in [-0.05, 0) is 57.8 Å². The van der Waals surface area contributed by atoms with Crippen LogP contribution in [0.3, 0.4) is 0 Å². The number of carbonyl (C=O) groups excluding carboxylic acids is 1. The van der Waals surface area contributed by atoms with E-state index in [1.807, 2.05) is 0 Å². The average Bonchev–Trinajstić information content (AvgIpc) is 2.93. The third-order valence-corrected chi connectivity index (χ3v) is 7.99. The Hall–Kier alpha value is -1.32. The molecule has 0 spiro atoms. The molecule has 0 bridgehead atoms. The highest BCUT2D eigenvalue weighted by molar-refractivity contribution is 5.69. The molecular weight excluding hydrogens is 496 g/mol. The number of esters is 1. The first-order valence-corrected chi connectivity index (χ1v) is 17.7. The van der Waals surface area contributed by atoms with E-state index >= 15 is 0 Å². The first kappa shape index (κ1) is 38.7. The lowest BCUT2D eigenvalue weighted by Gasteiger charge is -2.18. The van der Waals surface area contributed by atoms with Gasteiger partial charge in [-0.3, -0.25) is 9.59 Å². The van der Waals surface area contributed by atoms with Gasteiger partial charge in [0.05, 0.1) is 0 Å². The molecule has 0 aromatic rings. The minimum atomic E-state index is -0.770. The van der Waals surface area contributed by atoms with Gasteiger partial charge in [0.15, 0.2) is 0 Å². The molecule has 1 N–H and O–H groups in total. The summed E-state index contributed by atoms with van der Waals surface area (Å²) in [4.78, 5) is 23.4. The highest BCUT2D eigenvalue weighted by Crippen LogP contribution is 2.18. The van der Waals surface area contributed by atoms with E-state index in [0.717, 1.165) is 25.7 Å². The summed E-state index contributed by atoms with van der Waals surface area (Å²) in [6.07, 6.45) is 37.9. The largest absolute Gasteiger partial charge is 0.481 e. The third-order valence-electron chi connectivity index (χ3n) is 7.99. The molecule has 0 aliphatic rings. The van der Waals surface area contributed by atoms with Crippen molar-refractivity contribution >= 4 is 11.9 Å². The first-order valence-electron chi connectivity index (χ1n) is 17.7. The van der Waals surface area contributed by atoms with Crippen LogP contribution in [0, 0.1) is 0 Å². The van der Waals surface area contributed by atoms with Crippen LogP contribution < -0.4 is 0 Å². The van der Waals surface area contributed by atoms with E-state index in [-0.39, 0.29) is 18.5 Å². The fourth-order valence-electron chi connectivity index (χ4n) is 5.36. The molecule has 0 fully saturated rings. The van der Waals surface area contributed by atoms with Gasteiger partial charge in [-0.25, -0.2) is 0 Å². The van der Waals surface area contributed by atoms with Crippen LogP contribution in [0.4, 0.5) is 0 Å². The van der Waals surface area contributed by atoms with E-state index in [1.54, 1.807) is 0 Å². The fraction of sp³-hybridized carbons (Fsp3) is 0.889. The molecule has 0 aromatic carbocycles. The Morgan fingerprint density at radius 2 is 0.925 bits per heavy atom. The summed E-state index contributed by atoms with van der Waals surface area (Å²) >= 11 is 0. The van der Waals surface area contributed by atoms with E-state index in [4.69, 9.17) is 9.84 Å². The molecule has 1 unspecified atom stereocenters. The Bertz CT molecular complexity index is 571. The maximum absolute atomic E-state index is 12.4. The Kier molecular flexibility index (Phi) is 31.1. The summed E-state index contributed by atoms with van der Waals surface area (Å²) < 4.78 is 5.81. The van der Waals surface area contributed by atoms with E-state index in [0.29, 0.717) is 19.3 Å². The minimum absolute atomic E-state index is 0.0963. The van der Waals surface area contributed by atoms with E-state index in [9.17, 15) is 9.59 Å². The molecule has 1 atom stereocenters. The van der Waals surface area contributed by atoms with Crippen LogP contribution in [0.5, 0.6) is 0 Å². The Morgan fingerprint density at radius 1 is 0.525 bits per heavy atom. The number of carboxylic acids is 1. The summed E-state index contributed by atoms with van der Waals surface area (Å²) in [5.41, 5.74) is 0. The van der Waals surface area contributed by atoms with Gasteiger partial charge in [0.1, 0.15) is 6.10 Å². The van der Waals surface area contributed by atoms with Crippen molar-refractivity contribution in [3.8, 4) is 0 Å². The molecule has 40 heavy (non-hydrogen) atoms. The minimum Gasteiger partial charge on any atom is -0.481 e. The molecule has 4 nitrogen and oxygen atoms in total. The number of ether oxygens (including phenoxy) is 1. The number of carboxylic acid groups (broad SMARTS) is 1. The van der Waals surface area contributed by atoms with Crippen molar-refractivity contribution in [3.63, 3.8) is 0 Å². The molecule has 0 saturated carbocycles. The summed E-state index contributed by atoms with van der Waals surface area (Å²) in [5, 5.41) is 8.98. The van der Waals surface area contributed by atoms with Crippen molar-refractivity contribution in [1.29, 1.82) is 0 Å². The molecule has 0 rings (SSSR count). The fourth-order valence-corrected chi connectivity index (χ4v) is 5.36. The summed E-state index contributed by atoms with van der Waals surface area (Å²) in [6, 6.07) is 0. The Labute approximate surface area is 249 Å². The molecule has 0 aliphatic carbocycles. The molecule has 0 radical (unpaired) electrons. The predicted octanol–water partition coefficient (Wildman–Crippen LogP) is 11.9. The predicted molar refractivity (Wildman–Crippen MR) is 172 cm³/mol. The third kappa shape index (κ3) is 31.2. The SMILES string of the molecule is CCCCCC/C=C\CCCCCCCC(=O)OC(CCCCCCCCCCCCCCC)CCCC(=O)O. The van der Waals surface area contributed by atoms with Crippen molar-refractivity contribution in [2.75, 3.05) is 0 Å². The number of hydrogen-bond donors (Lipinski definition) is 1. The van der Waals surface area contributed by atoms with Gasteiger partial charge in [-0.2, -0.15) is 0 Å². The van der Waals surface area contributed by atoms with Crippen molar-refractivity contribution in [2.24, 2.45) is 0 Å². The van der Waals surface area contributed by atoms with Crippen molar-refractivity contribution in [1.82, 2.24) is 0 Å². The van der Waals surface area contributed by atoms with Gasteiger partial charge < -0.3 is 9.84 Å². The lowest BCUT2D eigenvalue weighted by atomic mass is 10.0. The zero-order valence-corrected chi connectivity index (χ0v) is 26.9. The highest BCUT2D eigenvalue weighted by atomic mass is 16.5. The first-order chi connectivity index (χ1) is 19.6. The standard InChI is InChI=1S/C36H68O4/c1-3-5-7-9-11-13-15-17-19-21-23-25-27-30-34(31-29-32-35(37)38)40-36(39)33-28-26-24-22-20-18-16-14-12-10-8-6-4-2/h14,16,34H,3-13,15,17-33H2,1-2H3,(H,37,38)/b16-14-. The van der Waals surface area contributed by atoms with Gasteiger partial charge in [0.25, 0.3) is 0 Å². The van der Waals surface area contributed by atoms with E-state index < -0.39 is 5.97 Å². The normalized spacial score (nSPS) is 12.2. The molecular formula is C36H68O4. The summed E-state index contributed by atoms with van der Waals surface area (Å²) in [7, 11) is 0. The van der Waals surface area contributed by atoms with Crippen molar-refractivity contribution < 1.29 is 19.4 Å². The van der Waals surface area contributed by atoms with Crippen molar-refractivity contribution in [2.45, 2.75) is 206 Å². The van der Waals surface area contributed by atoms with E-state index in [1.165, 1.54) is 135 Å². The van der Waals surface area contributed by atoms with Gasteiger partial charge in [0, 0.05) is 12.8 Å². The van der Waals surface area contributed by atoms with Crippen molar-refractivity contribution in [3.05, 3.63) is 12.2 Å². The van der Waals surface area contributed by atoms with Gasteiger partial charge in [0.2, 0.25) is 0 Å². The second-order valence-electron chi connectivity index (χ2n) is 12.1. The Morgan fingerprint density at radius 3 is 1.43 bits per heavy atom. The van der Waals surface area contributed by atoms with Crippen LogP contribution >= 0.6 is 0 Å². The monoisotopic (exact) mass is 565 g/mol. The number of aliphatic carboxylic acids is 1. The van der Waals surface area contributed by atoms with Crippen LogP contribution in [0.1, 0.15) is 200 Å². The quantitative estimate of drug-likeness (QED) is 0.0501. The molecule has 0 amide bonds. The molecule has 0 heterocycles. The zero-order valence-electron chi connectivity index (χ0n) is 26.9. The van der Waals surface area contributed by atoms with Gasteiger partial charge in [-0.1, -0.05) is 142 Å².